The van der Waals surface area contributed by atoms with E-state index in [9.17, 15) is 0 Å². The number of rotatable bonds is 2. The van der Waals surface area contributed by atoms with Crippen molar-refractivity contribution in [2.24, 2.45) is 5.10 Å². The minimum Gasteiger partial charge on any atom is -0.293 e. The summed E-state index contributed by atoms with van der Waals surface area (Å²) in [7, 11) is 0. The summed E-state index contributed by atoms with van der Waals surface area (Å²) in [6.07, 6.45) is 3.05. The molecule has 3 heteroatoms. The first-order valence-corrected chi connectivity index (χ1v) is 5.16. The van der Waals surface area contributed by atoms with E-state index in [2.05, 4.69) is 50.3 Å². The van der Waals surface area contributed by atoms with Crippen LogP contribution < -0.4 is 0 Å². The van der Waals surface area contributed by atoms with Crippen molar-refractivity contribution in [3.8, 4) is 0 Å². The third kappa shape index (κ3) is 2.31. The van der Waals surface area contributed by atoms with Crippen LogP contribution in [0.1, 0.15) is 12.0 Å². The van der Waals surface area contributed by atoms with Crippen LogP contribution >= 0.6 is 15.9 Å². The molecule has 1 aromatic carbocycles. The van der Waals surface area contributed by atoms with Crippen LogP contribution in [0.2, 0.25) is 0 Å². The highest BCUT2D eigenvalue weighted by Gasteiger charge is 2.05. The van der Waals surface area contributed by atoms with Crippen molar-refractivity contribution in [3.05, 3.63) is 34.3 Å². The second-order valence-corrected chi connectivity index (χ2v) is 4.02. The minimum absolute atomic E-state index is 0.920. The van der Waals surface area contributed by atoms with Crippen LogP contribution in [0, 0.1) is 0 Å². The van der Waals surface area contributed by atoms with Crippen LogP contribution in [0.25, 0.3) is 0 Å². The van der Waals surface area contributed by atoms with Crippen LogP contribution in [0.3, 0.4) is 0 Å². The summed E-state index contributed by atoms with van der Waals surface area (Å²) in [6.45, 7) is 1.97. The van der Waals surface area contributed by atoms with E-state index in [1.54, 1.807) is 0 Å². The molecular weight excluding hydrogens is 228 g/mol. The van der Waals surface area contributed by atoms with Crippen molar-refractivity contribution in [2.75, 3.05) is 6.54 Å². The predicted molar refractivity (Wildman–Crippen MR) is 57.7 cm³/mol. The topological polar surface area (TPSA) is 15.6 Å². The molecule has 1 aliphatic heterocycles. The third-order valence-corrected chi connectivity index (χ3v) is 2.57. The molecule has 0 radical (unpaired) electrons. The molecule has 1 aliphatic rings. The van der Waals surface area contributed by atoms with Gasteiger partial charge in [0, 0.05) is 23.7 Å². The molecule has 0 aliphatic carbocycles. The zero-order valence-electron chi connectivity index (χ0n) is 7.28. The van der Waals surface area contributed by atoms with Gasteiger partial charge in [0.1, 0.15) is 0 Å². The van der Waals surface area contributed by atoms with E-state index in [1.165, 1.54) is 5.56 Å². The van der Waals surface area contributed by atoms with Gasteiger partial charge in [-0.15, -0.1) is 0 Å². The third-order valence-electron chi connectivity index (χ3n) is 2.04. The molecule has 0 saturated carbocycles. The standard InChI is InChI=1S/C10H11BrN2/c11-10-4-2-9(3-5-10)8-13-7-1-6-12-13/h2-6H,1,7-8H2. The summed E-state index contributed by atoms with van der Waals surface area (Å²) >= 11 is 3.41. The Bertz CT molecular complexity index is 305. The minimum atomic E-state index is 0.920. The van der Waals surface area contributed by atoms with Gasteiger partial charge in [-0.3, -0.25) is 5.01 Å². The van der Waals surface area contributed by atoms with Crippen molar-refractivity contribution in [2.45, 2.75) is 13.0 Å². The van der Waals surface area contributed by atoms with Gasteiger partial charge in [0.15, 0.2) is 0 Å². The molecule has 0 amide bonds. The first kappa shape index (κ1) is 8.75. The molecule has 0 saturated heterocycles. The Kier molecular flexibility index (Phi) is 2.64. The lowest BCUT2D eigenvalue weighted by Crippen LogP contribution is -2.13. The van der Waals surface area contributed by atoms with Crippen molar-refractivity contribution in [1.82, 2.24) is 5.01 Å². The Hall–Kier alpha value is -0.830. The summed E-state index contributed by atoms with van der Waals surface area (Å²) in [5.74, 6) is 0. The molecule has 0 fully saturated rings. The van der Waals surface area contributed by atoms with E-state index in [1.807, 2.05) is 6.21 Å². The lowest BCUT2D eigenvalue weighted by molar-refractivity contribution is 0.310. The van der Waals surface area contributed by atoms with Gasteiger partial charge >= 0.3 is 0 Å². The number of hydrogen-bond acceptors (Lipinski definition) is 2. The smallest absolute Gasteiger partial charge is 0.0610 e. The van der Waals surface area contributed by atoms with Crippen LogP contribution in [0.4, 0.5) is 0 Å². The summed E-state index contributed by atoms with van der Waals surface area (Å²) in [4.78, 5) is 0. The zero-order chi connectivity index (χ0) is 9.10. The van der Waals surface area contributed by atoms with Gasteiger partial charge in [0.2, 0.25) is 0 Å². The largest absolute Gasteiger partial charge is 0.293 e. The molecule has 0 atom stereocenters. The molecule has 0 spiro atoms. The van der Waals surface area contributed by atoms with Crippen LogP contribution in [-0.2, 0) is 6.54 Å². The summed E-state index contributed by atoms with van der Waals surface area (Å²) in [6, 6.07) is 8.38. The van der Waals surface area contributed by atoms with Crippen molar-refractivity contribution < 1.29 is 0 Å². The number of halogens is 1. The fourth-order valence-electron chi connectivity index (χ4n) is 1.36. The fraction of sp³-hybridized carbons (Fsp3) is 0.300. The molecule has 68 valence electrons. The molecular formula is C10H11BrN2. The highest BCUT2D eigenvalue weighted by Crippen LogP contribution is 2.13. The Labute approximate surface area is 86.4 Å². The highest BCUT2D eigenvalue weighted by atomic mass is 79.9. The second-order valence-electron chi connectivity index (χ2n) is 3.10. The Morgan fingerprint density at radius 3 is 2.69 bits per heavy atom. The van der Waals surface area contributed by atoms with Crippen LogP contribution in [0.5, 0.6) is 0 Å². The van der Waals surface area contributed by atoms with E-state index < -0.39 is 0 Å². The first-order valence-electron chi connectivity index (χ1n) is 4.36. The van der Waals surface area contributed by atoms with Crippen molar-refractivity contribution in [1.29, 1.82) is 0 Å². The molecule has 13 heavy (non-hydrogen) atoms. The fourth-order valence-corrected chi connectivity index (χ4v) is 1.62. The highest BCUT2D eigenvalue weighted by molar-refractivity contribution is 9.10. The number of hydrogen-bond donors (Lipinski definition) is 0. The number of benzene rings is 1. The maximum absolute atomic E-state index is 4.25. The Morgan fingerprint density at radius 2 is 2.08 bits per heavy atom. The van der Waals surface area contributed by atoms with Gasteiger partial charge in [0.25, 0.3) is 0 Å². The van der Waals surface area contributed by atoms with Gasteiger partial charge in [-0.25, -0.2) is 0 Å². The lowest BCUT2D eigenvalue weighted by atomic mass is 10.2. The average molecular weight is 239 g/mol. The van der Waals surface area contributed by atoms with Crippen molar-refractivity contribution >= 4 is 22.1 Å². The number of hydrazone groups is 1. The van der Waals surface area contributed by atoms with Gasteiger partial charge < -0.3 is 0 Å². The quantitative estimate of drug-likeness (QED) is 0.774. The van der Waals surface area contributed by atoms with Gasteiger partial charge in [-0.1, -0.05) is 28.1 Å². The number of nitrogens with zero attached hydrogens (tertiary/aromatic N) is 2. The van der Waals surface area contributed by atoms with Crippen molar-refractivity contribution in [3.63, 3.8) is 0 Å². The van der Waals surface area contributed by atoms with E-state index in [0.29, 0.717) is 0 Å². The first-order chi connectivity index (χ1) is 6.34. The molecule has 0 bridgehead atoms. The van der Waals surface area contributed by atoms with E-state index >= 15 is 0 Å². The Morgan fingerprint density at radius 1 is 1.31 bits per heavy atom. The summed E-state index contributed by atoms with van der Waals surface area (Å²) in [5.41, 5.74) is 1.31. The van der Waals surface area contributed by atoms with E-state index in [4.69, 9.17) is 0 Å². The molecule has 2 nitrogen and oxygen atoms in total. The van der Waals surface area contributed by atoms with Gasteiger partial charge in [-0.2, -0.15) is 5.10 Å². The molecule has 2 rings (SSSR count). The SMILES string of the molecule is Brc1ccc(CN2CCC=N2)cc1. The van der Waals surface area contributed by atoms with Gasteiger partial charge in [-0.05, 0) is 17.7 Å². The Balaban J connectivity index is 2.01. The summed E-state index contributed by atoms with van der Waals surface area (Å²) in [5, 5.41) is 6.34. The van der Waals surface area contributed by atoms with Crippen LogP contribution in [-0.4, -0.2) is 17.8 Å². The molecule has 0 N–H and O–H groups in total. The average Bonchev–Trinajstić information content (AvgIpc) is 2.62. The van der Waals surface area contributed by atoms with Gasteiger partial charge in [0.05, 0.1) is 6.54 Å². The summed E-state index contributed by atoms with van der Waals surface area (Å²) < 4.78 is 1.13. The van der Waals surface area contributed by atoms with Crippen LogP contribution in [0.15, 0.2) is 33.8 Å². The monoisotopic (exact) mass is 238 g/mol. The lowest BCUT2D eigenvalue weighted by Gasteiger charge is -2.13. The normalized spacial score (nSPS) is 15.3. The molecule has 0 unspecified atom stereocenters. The molecule has 1 heterocycles. The molecule has 0 aromatic heterocycles. The molecule has 1 aromatic rings. The maximum atomic E-state index is 4.25. The van der Waals surface area contributed by atoms with E-state index in [0.717, 1.165) is 24.0 Å². The predicted octanol–water partition coefficient (Wildman–Crippen LogP) is 2.64. The van der Waals surface area contributed by atoms with E-state index in [-0.39, 0.29) is 0 Å². The maximum Gasteiger partial charge on any atom is 0.0610 e. The second kappa shape index (κ2) is 3.92. The zero-order valence-corrected chi connectivity index (χ0v) is 8.87.